The van der Waals surface area contributed by atoms with Crippen molar-refractivity contribution >= 4 is 0 Å². The monoisotopic (exact) mass is 196 g/mol. The zero-order valence-corrected chi connectivity index (χ0v) is 9.90. The van der Waals surface area contributed by atoms with Crippen LogP contribution in [0.25, 0.3) is 0 Å². The summed E-state index contributed by atoms with van der Waals surface area (Å²) in [4.78, 5) is 0. The van der Waals surface area contributed by atoms with Crippen LogP contribution in [0.3, 0.4) is 0 Å². The fraction of sp³-hybridized carbons (Fsp3) is 0.917. The molecule has 0 atom stereocenters. The lowest BCUT2D eigenvalue weighted by Crippen LogP contribution is -2.44. The molecular weight excluding hydrogens is 172 g/mol. The molecule has 0 aliphatic carbocycles. The number of rotatable bonds is 8. The highest BCUT2D eigenvalue weighted by molar-refractivity contribution is 4.83. The zero-order chi connectivity index (χ0) is 10.9. The van der Waals surface area contributed by atoms with Crippen LogP contribution in [0.15, 0.2) is 0 Å². The molecule has 0 radical (unpaired) electrons. The number of nitrogens with zero attached hydrogens (tertiary/aromatic N) is 1. The largest absolute Gasteiger partial charge is 0.311 e. The second-order valence-corrected chi connectivity index (χ2v) is 3.88. The van der Waals surface area contributed by atoms with Gasteiger partial charge in [-0.05, 0) is 38.6 Å². The normalized spacial score (nSPS) is 11.3. The summed E-state index contributed by atoms with van der Waals surface area (Å²) in [6, 6.07) is 2.18. The molecule has 0 spiro atoms. The summed E-state index contributed by atoms with van der Waals surface area (Å²) in [5.74, 6) is 0. The highest BCUT2D eigenvalue weighted by atomic mass is 15.0. The SMILES string of the molecule is CCC(CC)(CC)NCCCCC#N. The minimum atomic E-state index is 0.340. The molecule has 14 heavy (non-hydrogen) atoms. The van der Waals surface area contributed by atoms with E-state index in [9.17, 15) is 0 Å². The van der Waals surface area contributed by atoms with Gasteiger partial charge in [0.2, 0.25) is 0 Å². The molecule has 0 rings (SSSR count). The Morgan fingerprint density at radius 3 is 2.07 bits per heavy atom. The lowest BCUT2D eigenvalue weighted by atomic mass is 9.90. The van der Waals surface area contributed by atoms with Gasteiger partial charge in [0.1, 0.15) is 0 Å². The van der Waals surface area contributed by atoms with Gasteiger partial charge < -0.3 is 5.32 Å². The molecule has 0 fully saturated rings. The highest BCUT2D eigenvalue weighted by Crippen LogP contribution is 2.18. The van der Waals surface area contributed by atoms with Crippen molar-refractivity contribution in [3.05, 3.63) is 0 Å². The molecule has 0 saturated heterocycles. The van der Waals surface area contributed by atoms with E-state index in [1.165, 1.54) is 19.3 Å². The van der Waals surface area contributed by atoms with Crippen LogP contribution in [-0.4, -0.2) is 12.1 Å². The highest BCUT2D eigenvalue weighted by Gasteiger charge is 2.21. The van der Waals surface area contributed by atoms with Gasteiger partial charge in [0.05, 0.1) is 6.07 Å². The minimum absolute atomic E-state index is 0.340. The lowest BCUT2D eigenvalue weighted by molar-refractivity contribution is 0.289. The van der Waals surface area contributed by atoms with E-state index < -0.39 is 0 Å². The van der Waals surface area contributed by atoms with Gasteiger partial charge in [-0.1, -0.05) is 20.8 Å². The summed E-state index contributed by atoms with van der Waals surface area (Å²) in [5.41, 5.74) is 0.340. The lowest BCUT2D eigenvalue weighted by Gasteiger charge is -2.32. The van der Waals surface area contributed by atoms with E-state index in [0.29, 0.717) is 12.0 Å². The van der Waals surface area contributed by atoms with Gasteiger partial charge in [-0.2, -0.15) is 5.26 Å². The van der Waals surface area contributed by atoms with Gasteiger partial charge in [0.15, 0.2) is 0 Å². The molecular formula is C12H24N2. The molecule has 0 aliphatic heterocycles. The zero-order valence-electron chi connectivity index (χ0n) is 9.90. The van der Waals surface area contributed by atoms with Crippen molar-refractivity contribution in [3.63, 3.8) is 0 Å². The molecule has 82 valence electrons. The molecule has 0 aromatic rings. The third-order valence-electron chi connectivity index (χ3n) is 3.25. The molecule has 0 bridgehead atoms. The van der Waals surface area contributed by atoms with Crippen LogP contribution in [0.4, 0.5) is 0 Å². The molecule has 2 heteroatoms. The van der Waals surface area contributed by atoms with Crippen LogP contribution in [0, 0.1) is 11.3 Å². The Kier molecular flexibility index (Phi) is 7.51. The maximum atomic E-state index is 8.39. The minimum Gasteiger partial charge on any atom is -0.311 e. The fourth-order valence-electron chi connectivity index (χ4n) is 1.81. The van der Waals surface area contributed by atoms with Gasteiger partial charge in [-0.3, -0.25) is 0 Å². The molecule has 0 aromatic heterocycles. The van der Waals surface area contributed by atoms with Crippen LogP contribution < -0.4 is 5.32 Å². The summed E-state index contributed by atoms with van der Waals surface area (Å²) in [7, 11) is 0. The summed E-state index contributed by atoms with van der Waals surface area (Å²) >= 11 is 0. The van der Waals surface area contributed by atoms with E-state index in [1.54, 1.807) is 0 Å². The van der Waals surface area contributed by atoms with Crippen LogP contribution >= 0.6 is 0 Å². The van der Waals surface area contributed by atoms with Crippen molar-refractivity contribution in [2.75, 3.05) is 6.54 Å². The molecule has 0 unspecified atom stereocenters. The quantitative estimate of drug-likeness (QED) is 0.605. The van der Waals surface area contributed by atoms with Gasteiger partial charge in [0, 0.05) is 12.0 Å². The van der Waals surface area contributed by atoms with E-state index >= 15 is 0 Å². The molecule has 0 saturated carbocycles. The van der Waals surface area contributed by atoms with E-state index in [-0.39, 0.29) is 0 Å². The first-order chi connectivity index (χ1) is 6.74. The Morgan fingerprint density at radius 2 is 1.64 bits per heavy atom. The molecule has 0 heterocycles. The second-order valence-electron chi connectivity index (χ2n) is 3.88. The Labute approximate surface area is 88.7 Å². The Bertz CT molecular complexity index is 157. The Hall–Kier alpha value is -0.550. The van der Waals surface area contributed by atoms with Crippen LogP contribution in [0.5, 0.6) is 0 Å². The number of nitriles is 1. The average Bonchev–Trinajstić information content (AvgIpc) is 2.24. The van der Waals surface area contributed by atoms with Crippen molar-refractivity contribution in [1.29, 1.82) is 5.26 Å². The summed E-state index contributed by atoms with van der Waals surface area (Å²) in [5, 5.41) is 12.0. The van der Waals surface area contributed by atoms with Crippen LogP contribution in [0.1, 0.15) is 59.3 Å². The predicted octanol–water partition coefficient (Wildman–Crippen LogP) is 3.24. The Balaban J connectivity index is 3.67. The summed E-state index contributed by atoms with van der Waals surface area (Å²) in [6.45, 7) is 7.79. The first-order valence-electron chi connectivity index (χ1n) is 5.86. The standard InChI is InChI=1S/C12H24N2/c1-4-12(5-2,6-3)14-11-9-7-8-10-13/h14H,4-9,11H2,1-3H3. The van der Waals surface area contributed by atoms with Crippen LogP contribution in [-0.2, 0) is 0 Å². The van der Waals surface area contributed by atoms with Crippen molar-refractivity contribution in [2.45, 2.75) is 64.8 Å². The van der Waals surface area contributed by atoms with Crippen molar-refractivity contribution < 1.29 is 0 Å². The third-order valence-corrected chi connectivity index (χ3v) is 3.25. The van der Waals surface area contributed by atoms with Gasteiger partial charge in [-0.15, -0.1) is 0 Å². The predicted molar refractivity (Wildman–Crippen MR) is 61.1 cm³/mol. The fourth-order valence-corrected chi connectivity index (χ4v) is 1.81. The van der Waals surface area contributed by atoms with Crippen molar-refractivity contribution in [1.82, 2.24) is 5.32 Å². The average molecular weight is 196 g/mol. The molecule has 0 aliphatic rings. The van der Waals surface area contributed by atoms with Gasteiger partial charge >= 0.3 is 0 Å². The molecule has 2 nitrogen and oxygen atoms in total. The maximum absolute atomic E-state index is 8.39. The van der Waals surface area contributed by atoms with Gasteiger partial charge in [0.25, 0.3) is 0 Å². The van der Waals surface area contributed by atoms with Crippen LogP contribution in [0.2, 0.25) is 0 Å². The first-order valence-corrected chi connectivity index (χ1v) is 5.86. The topological polar surface area (TPSA) is 35.8 Å². The van der Waals surface area contributed by atoms with Crippen molar-refractivity contribution in [3.8, 4) is 6.07 Å². The van der Waals surface area contributed by atoms with E-state index in [2.05, 4.69) is 32.2 Å². The number of nitrogens with one attached hydrogen (secondary N) is 1. The third kappa shape index (κ3) is 4.62. The van der Waals surface area contributed by atoms with E-state index in [1.807, 2.05) is 0 Å². The summed E-state index contributed by atoms with van der Waals surface area (Å²) in [6.07, 6.45) is 6.42. The molecule has 0 aromatic carbocycles. The molecule has 1 N–H and O–H groups in total. The maximum Gasteiger partial charge on any atom is 0.0621 e. The van der Waals surface area contributed by atoms with Crippen molar-refractivity contribution in [2.24, 2.45) is 0 Å². The second kappa shape index (κ2) is 7.82. The first kappa shape index (κ1) is 13.4. The van der Waals surface area contributed by atoms with E-state index in [0.717, 1.165) is 19.4 Å². The van der Waals surface area contributed by atoms with Gasteiger partial charge in [-0.25, -0.2) is 0 Å². The summed E-state index contributed by atoms with van der Waals surface area (Å²) < 4.78 is 0. The van der Waals surface area contributed by atoms with E-state index in [4.69, 9.17) is 5.26 Å². The number of hydrogen-bond donors (Lipinski definition) is 1. The molecule has 0 amide bonds. The Morgan fingerprint density at radius 1 is 1.07 bits per heavy atom. The number of unbranched alkanes of at least 4 members (excludes halogenated alkanes) is 2. The smallest absolute Gasteiger partial charge is 0.0621 e. The number of hydrogen-bond acceptors (Lipinski definition) is 2.